The van der Waals surface area contributed by atoms with Crippen LogP contribution in [0.4, 0.5) is 0 Å². The van der Waals surface area contributed by atoms with Crippen molar-refractivity contribution in [2.75, 3.05) is 20.3 Å². The summed E-state index contributed by atoms with van der Waals surface area (Å²) in [6.45, 7) is 3.62. The van der Waals surface area contributed by atoms with E-state index in [1.807, 2.05) is 0 Å². The van der Waals surface area contributed by atoms with Gasteiger partial charge in [0.2, 0.25) is 0 Å². The van der Waals surface area contributed by atoms with Gasteiger partial charge in [-0.1, -0.05) is 32.0 Å². The summed E-state index contributed by atoms with van der Waals surface area (Å²) in [4.78, 5) is 23.5. The van der Waals surface area contributed by atoms with E-state index in [1.54, 1.807) is 44.2 Å². The van der Waals surface area contributed by atoms with Gasteiger partial charge in [0.25, 0.3) is 5.91 Å². The minimum absolute atomic E-state index is 0.0200. The Hall–Kier alpha value is -1.89. The average Bonchev–Trinajstić information content (AvgIpc) is 2.58. The van der Waals surface area contributed by atoms with Crippen molar-refractivity contribution >= 4 is 19.7 Å². The van der Waals surface area contributed by atoms with E-state index >= 15 is 0 Å². The molecule has 1 aliphatic heterocycles. The molecule has 0 aliphatic carbocycles. The first kappa shape index (κ1) is 19.4. The minimum atomic E-state index is -3.93. The third kappa shape index (κ3) is 5.29. The van der Waals surface area contributed by atoms with Gasteiger partial charge in [-0.15, -0.1) is 0 Å². The molecule has 1 unspecified atom stereocenters. The van der Waals surface area contributed by atoms with E-state index < -0.39 is 31.2 Å². The molecular weight excluding hydrogens is 349 g/mol. The Bertz CT molecular complexity index is 662. The molecule has 8 nitrogen and oxygen atoms in total. The van der Waals surface area contributed by atoms with Crippen molar-refractivity contribution in [1.82, 2.24) is 5.32 Å². The Balaban J connectivity index is 2.03. The molecule has 2 rings (SSSR count). The van der Waals surface area contributed by atoms with Gasteiger partial charge in [-0.25, -0.2) is 4.57 Å². The number of ether oxygens (including phenoxy) is 1. The Morgan fingerprint density at radius 3 is 2.64 bits per heavy atom. The van der Waals surface area contributed by atoms with Crippen LogP contribution in [0.15, 0.2) is 30.3 Å². The number of nitrogens with one attached hydrogen (secondary N) is 1. The zero-order chi connectivity index (χ0) is 18.5. The van der Waals surface area contributed by atoms with E-state index in [9.17, 15) is 14.2 Å². The molecule has 0 radical (unpaired) electrons. The molecule has 25 heavy (non-hydrogen) atoms. The Morgan fingerprint density at radius 2 is 2.00 bits per heavy atom. The maximum absolute atomic E-state index is 12.7. The van der Waals surface area contributed by atoms with Gasteiger partial charge in [-0.05, 0) is 12.1 Å². The average molecular weight is 371 g/mol. The highest BCUT2D eigenvalue weighted by atomic mass is 31.2. The van der Waals surface area contributed by atoms with Crippen molar-refractivity contribution in [1.29, 1.82) is 0 Å². The first-order valence-electron chi connectivity index (χ1n) is 7.78. The molecule has 9 heteroatoms. The van der Waals surface area contributed by atoms with Gasteiger partial charge in [0, 0.05) is 12.0 Å². The normalized spacial score (nSPS) is 25.0. The van der Waals surface area contributed by atoms with Crippen LogP contribution in [0.1, 0.15) is 20.3 Å². The molecule has 1 heterocycles. The third-order valence-corrected chi connectivity index (χ3v) is 4.94. The van der Waals surface area contributed by atoms with Gasteiger partial charge in [-0.3, -0.25) is 18.6 Å². The largest absolute Gasteiger partial charge is 0.530 e. The molecule has 0 spiro atoms. The second-order valence-corrected chi connectivity index (χ2v) is 7.76. The lowest BCUT2D eigenvalue weighted by molar-refractivity contribution is -0.142. The van der Waals surface area contributed by atoms with Gasteiger partial charge in [-0.2, -0.15) is 0 Å². The van der Waals surface area contributed by atoms with Gasteiger partial charge >= 0.3 is 13.8 Å². The van der Waals surface area contributed by atoms with Gasteiger partial charge in [0.15, 0.2) is 6.10 Å². The maximum atomic E-state index is 12.7. The van der Waals surface area contributed by atoms with Crippen LogP contribution in [-0.2, 0) is 27.9 Å². The van der Waals surface area contributed by atoms with E-state index in [-0.39, 0.29) is 19.6 Å². The van der Waals surface area contributed by atoms with Gasteiger partial charge < -0.3 is 14.6 Å². The lowest BCUT2D eigenvalue weighted by Crippen LogP contribution is -2.50. The summed E-state index contributed by atoms with van der Waals surface area (Å²) in [6.07, 6.45) is -1.02. The second kappa shape index (κ2) is 7.99. The Morgan fingerprint density at radius 1 is 1.32 bits per heavy atom. The predicted octanol–water partition coefficient (Wildman–Crippen LogP) is 2.29. The lowest BCUT2D eigenvalue weighted by atomic mass is 9.87. The quantitative estimate of drug-likeness (QED) is 0.605. The van der Waals surface area contributed by atoms with Gasteiger partial charge in [0.1, 0.15) is 5.75 Å². The molecule has 1 amide bonds. The predicted molar refractivity (Wildman–Crippen MR) is 88.9 cm³/mol. The summed E-state index contributed by atoms with van der Waals surface area (Å²) in [6, 6.07) is 8.43. The van der Waals surface area contributed by atoms with Crippen LogP contribution in [0.25, 0.3) is 0 Å². The number of phosphoric acid groups is 1. The summed E-state index contributed by atoms with van der Waals surface area (Å²) < 4.78 is 33.3. The van der Waals surface area contributed by atoms with Crippen molar-refractivity contribution < 1.29 is 32.5 Å². The SMILES string of the molecule is COC(=O)CCNC(=O)[C@@H]1OP(=O)(Oc2ccccc2)OCC1(C)C. The molecule has 1 fully saturated rings. The second-order valence-electron chi connectivity index (χ2n) is 6.22. The smallest absolute Gasteiger partial charge is 0.469 e. The van der Waals surface area contributed by atoms with Crippen molar-refractivity contribution in [3.8, 4) is 5.75 Å². The van der Waals surface area contributed by atoms with E-state index in [1.165, 1.54) is 7.11 Å². The number of benzene rings is 1. The number of para-hydroxylation sites is 1. The van der Waals surface area contributed by atoms with Crippen LogP contribution >= 0.6 is 7.82 Å². The number of hydrogen-bond donors (Lipinski definition) is 1. The Kier molecular flexibility index (Phi) is 6.21. The van der Waals surface area contributed by atoms with Crippen LogP contribution in [0.5, 0.6) is 5.75 Å². The summed E-state index contributed by atoms with van der Waals surface area (Å²) in [7, 11) is -2.66. The first-order valence-corrected chi connectivity index (χ1v) is 9.24. The summed E-state index contributed by atoms with van der Waals surface area (Å²) in [5.41, 5.74) is -0.719. The van der Waals surface area contributed by atoms with Gasteiger partial charge in [0.05, 0.1) is 20.1 Å². The molecule has 2 atom stereocenters. The van der Waals surface area contributed by atoms with Crippen molar-refractivity contribution in [2.24, 2.45) is 5.41 Å². The standard InChI is InChI=1S/C16H22NO7P/c1-16(2)11-22-25(20,23-12-7-5-4-6-8-12)24-14(16)15(19)17-10-9-13(18)21-3/h4-8,14H,9-11H2,1-3H3,(H,17,19)/t14-,25?/m0/s1. The topological polar surface area (TPSA) is 100 Å². The third-order valence-electron chi connectivity index (χ3n) is 3.59. The number of carbonyl (C=O) groups excluding carboxylic acids is 2. The van der Waals surface area contributed by atoms with Crippen LogP contribution in [-0.4, -0.2) is 38.2 Å². The molecular formula is C16H22NO7P. The molecule has 1 N–H and O–H groups in total. The molecule has 0 bridgehead atoms. The van der Waals surface area contributed by atoms with Crippen molar-refractivity contribution in [3.63, 3.8) is 0 Å². The van der Waals surface area contributed by atoms with Crippen molar-refractivity contribution in [2.45, 2.75) is 26.4 Å². The van der Waals surface area contributed by atoms with E-state index in [0.717, 1.165) is 0 Å². The fourth-order valence-corrected chi connectivity index (χ4v) is 3.83. The molecule has 138 valence electrons. The minimum Gasteiger partial charge on any atom is -0.469 e. The molecule has 1 aromatic rings. The number of rotatable bonds is 6. The molecule has 1 saturated heterocycles. The number of hydrogen-bond acceptors (Lipinski definition) is 7. The maximum Gasteiger partial charge on any atom is 0.530 e. The lowest BCUT2D eigenvalue weighted by Gasteiger charge is -2.39. The van der Waals surface area contributed by atoms with Crippen LogP contribution in [0.2, 0.25) is 0 Å². The van der Waals surface area contributed by atoms with Crippen LogP contribution in [0, 0.1) is 5.41 Å². The fourth-order valence-electron chi connectivity index (χ4n) is 2.17. The van der Waals surface area contributed by atoms with Crippen LogP contribution in [0.3, 0.4) is 0 Å². The zero-order valence-electron chi connectivity index (χ0n) is 14.4. The van der Waals surface area contributed by atoms with E-state index in [2.05, 4.69) is 10.1 Å². The molecule has 0 saturated carbocycles. The molecule has 1 aromatic carbocycles. The molecule has 0 aromatic heterocycles. The monoisotopic (exact) mass is 371 g/mol. The summed E-state index contributed by atoms with van der Waals surface area (Å²) in [5, 5.41) is 2.58. The number of esters is 1. The highest BCUT2D eigenvalue weighted by molar-refractivity contribution is 7.49. The molecule has 1 aliphatic rings. The highest BCUT2D eigenvalue weighted by Gasteiger charge is 2.49. The number of amides is 1. The Labute approximate surface area is 146 Å². The number of methoxy groups -OCH3 is 1. The highest BCUT2D eigenvalue weighted by Crippen LogP contribution is 2.56. The zero-order valence-corrected chi connectivity index (χ0v) is 15.3. The summed E-state index contributed by atoms with van der Waals surface area (Å²) >= 11 is 0. The number of carbonyl (C=O) groups is 2. The van der Waals surface area contributed by atoms with Crippen molar-refractivity contribution in [3.05, 3.63) is 30.3 Å². The first-order chi connectivity index (χ1) is 11.8. The van der Waals surface area contributed by atoms with Crippen LogP contribution < -0.4 is 9.84 Å². The summed E-state index contributed by atoms with van der Waals surface area (Å²) in [5.74, 6) is -0.616. The fraction of sp³-hybridized carbons (Fsp3) is 0.500. The van der Waals surface area contributed by atoms with E-state index in [4.69, 9.17) is 13.6 Å². The number of phosphoric ester groups is 1. The van der Waals surface area contributed by atoms with E-state index in [0.29, 0.717) is 5.75 Å².